The molecular weight excluding hydrogens is 244 g/mol. The van der Waals surface area contributed by atoms with Gasteiger partial charge < -0.3 is 4.74 Å². The van der Waals surface area contributed by atoms with E-state index in [-0.39, 0.29) is 5.60 Å². The summed E-state index contributed by atoms with van der Waals surface area (Å²) in [5.41, 5.74) is 5.21. The minimum atomic E-state index is -0.207. The molecule has 1 atom stereocenters. The summed E-state index contributed by atoms with van der Waals surface area (Å²) in [6, 6.07) is 8.83. The average Bonchev–Trinajstić information content (AvgIpc) is 2.36. The third-order valence-electron chi connectivity index (χ3n) is 4.06. The molecule has 0 saturated heterocycles. The lowest BCUT2D eigenvalue weighted by Gasteiger charge is -2.36. The van der Waals surface area contributed by atoms with E-state index in [1.807, 2.05) is 0 Å². The van der Waals surface area contributed by atoms with E-state index in [1.165, 1.54) is 22.3 Å². The Labute approximate surface area is 121 Å². The van der Waals surface area contributed by atoms with Gasteiger partial charge in [-0.25, -0.2) is 0 Å². The quantitative estimate of drug-likeness (QED) is 0.691. The van der Waals surface area contributed by atoms with E-state index < -0.39 is 0 Å². The molecule has 0 spiro atoms. The van der Waals surface area contributed by atoms with Gasteiger partial charge in [0.2, 0.25) is 0 Å². The second-order valence-corrected chi connectivity index (χ2v) is 6.42. The van der Waals surface area contributed by atoms with Crippen LogP contribution >= 0.6 is 0 Å². The predicted molar refractivity (Wildman–Crippen MR) is 83.6 cm³/mol. The molecule has 1 heterocycles. The molecule has 1 aromatic rings. The molecular formula is C19H22O. The van der Waals surface area contributed by atoms with Crippen LogP contribution in [0.2, 0.25) is 0 Å². The highest BCUT2D eigenvalue weighted by atomic mass is 16.5. The van der Waals surface area contributed by atoms with Gasteiger partial charge in [0.05, 0.1) is 0 Å². The molecule has 2 aliphatic rings. The molecule has 0 N–H and O–H groups in total. The van der Waals surface area contributed by atoms with Gasteiger partial charge in [0.25, 0.3) is 0 Å². The van der Waals surface area contributed by atoms with Crippen molar-refractivity contribution in [3.8, 4) is 0 Å². The fourth-order valence-corrected chi connectivity index (χ4v) is 3.35. The largest absolute Gasteiger partial charge is 0.483 e. The van der Waals surface area contributed by atoms with Crippen molar-refractivity contribution >= 4 is 0 Å². The van der Waals surface area contributed by atoms with Gasteiger partial charge in [-0.3, -0.25) is 0 Å². The second-order valence-electron chi connectivity index (χ2n) is 6.42. The molecule has 20 heavy (non-hydrogen) atoms. The first-order valence-corrected chi connectivity index (χ1v) is 7.32. The maximum Gasteiger partial charge on any atom is 0.124 e. The number of allylic oxidation sites excluding steroid dienone is 4. The SMILES string of the molecule is CC1=CC(C)(C)OC2=C1[C@@H](c1cccc(C)c1)CC=C2. The summed E-state index contributed by atoms with van der Waals surface area (Å²) in [7, 11) is 0. The summed E-state index contributed by atoms with van der Waals surface area (Å²) in [5, 5.41) is 0. The van der Waals surface area contributed by atoms with Crippen LogP contribution in [0.4, 0.5) is 0 Å². The van der Waals surface area contributed by atoms with Gasteiger partial charge >= 0.3 is 0 Å². The Balaban J connectivity index is 2.06. The van der Waals surface area contributed by atoms with Crippen LogP contribution in [0.15, 0.2) is 59.4 Å². The van der Waals surface area contributed by atoms with Gasteiger partial charge in [-0.15, -0.1) is 0 Å². The molecule has 1 aromatic carbocycles. The maximum absolute atomic E-state index is 6.15. The lowest BCUT2D eigenvalue weighted by molar-refractivity contribution is 0.0777. The molecule has 1 nitrogen and oxygen atoms in total. The van der Waals surface area contributed by atoms with E-state index >= 15 is 0 Å². The lowest BCUT2D eigenvalue weighted by atomic mass is 9.79. The van der Waals surface area contributed by atoms with Crippen LogP contribution in [-0.4, -0.2) is 5.60 Å². The van der Waals surface area contributed by atoms with Crippen LogP contribution in [-0.2, 0) is 4.74 Å². The molecule has 0 radical (unpaired) electrons. The number of ether oxygens (including phenoxy) is 1. The minimum absolute atomic E-state index is 0.207. The van der Waals surface area contributed by atoms with E-state index in [4.69, 9.17) is 4.74 Å². The van der Waals surface area contributed by atoms with Crippen LogP contribution in [0.1, 0.15) is 44.2 Å². The van der Waals surface area contributed by atoms with Crippen molar-refractivity contribution in [2.45, 2.75) is 45.6 Å². The van der Waals surface area contributed by atoms with E-state index in [0.29, 0.717) is 5.92 Å². The summed E-state index contributed by atoms with van der Waals surface area (Å²) in [6.45, 7) is 8.59. The van der Waals surface area contributed by atoms with Gasteiger partial charge in [0, 0.05) is 11.5 Å². The van der Waals surface area contributed by atoms with E-state index in [0.717, 1.165) is 12.2 Å². The summed E-state index contributed by atoms with van der Waals surface area (Å²) < 4.78 is 6.15. The zero-order chi connectivity index (χ0) is 14.3. The highest BCUT2D eigenvalue weighted by molar-refractivity contribution is 5.50. The summed E-state index contributed by atoms with van der Waals surface area (Å²) in [6.07, 6.45) is 7.67. The molecule has 0 unspecified atom stereocenters. The summed E-state index contributed by atoms with van der Waals surface area (Å²) in [4.78, 5) is 0. The molecule has 104 valence electrons. The molecule has 1 heteroatoms. The van der Waals surface area contributed by atoms with Gasteiger partial charge in [0.1, 0.15) is 11.4 Å². The van der Waals surface area contributed by atoms with Gasteiger partial charge in [-0.2, -0.15) is 0 Å². The third-order valence-corrected chi connectivity index (χ3v) is 4.06. The monoisotopic (exact) mass is 266 g/mol. The molecule has 0 fully saturated rings. The number of benzene rings is 1. The van der Waals surface area contributed by atoms with Crippen LogP contribution in [0.25, 0.3) is 0 Å². The Morgan fingerprint density at radius 2 is 2.00 bits per heavy atom. The molecule has 1 aliphatic heterocycles. The van der Waals surface area contributed by atoms with Gasteiger partial charge in [0.15, 0.2) is 0 Å². The van der Waals surface area contributed by atoms with Crippen LogP contribution in [0.5, 0.6) is 0 Å². The first-order valence-electron chi connectivity index (χ1n) is 7.32. The Morgan fingerprint density at radius 1 is 1.20 bits per heavy atom. The Kier molecular flexibility index (Phi) is 3.08. The van der Waals surface area contributed by atoms with E-state index in [2.05, 4.69) is 70.2 Å². The van der Waals surface area contributed by atoms with E-state index in [1.54, 1.807) is 0 Å². The van der Waals surface area contributed by atoms with Crippen molar-refractivity contribution in [3.63, 3.8) is 0 Å². The van der Waals surface area contributed by atoms with E-state index in [9.17, 15) is 0 Å². The highest BCUT2D eigenvalue weighted by Crippen LogP contribution is 2.43. The summed E-state index contributed by atoms with van der Waals surface area (Å²) >= 11 is 0. The highest BCUT2D eigenvalue weighted by Gasteiger charge is 2.31. The zero-order valence-corrected chi connectivity index (χ0v) is 12.7. The smallest absolute Gasteiger partial charge is 0.124 e. The van der Waals surface area contributed by atoms with Gasteiger partial charge in [-0.1, -0.05) is 35.9 Å². The average molecular weight is 266 g/mol. The van der Waals surface area contributed by atoms with Crippen molar-refractivity contribution in [2.24, 2.45) is 0 Å². The number of aryl methyl sites for hydroxylation is 1. The lowest BCUT2D eigenvalue weighted by Crippen LogP contribution is -2.28. The fraction of sp³-hybridized carbons (Fsp3) is 0.368. The summed E-state index contributed by atoms with van der Waals surface area (Å²) in [5.74, 6) is 1.47. The molecule has 0 bridgehead atoms. The second kappa shape index (κ2) is 4.66. The normalized spacial score (nSPS) is 24.0. The van der Waals surface area contributed by atoms with Crippen LogP contribution in [0, 0.1) is 6.92 Å². The maximum atomic E-state index is 6.15. The molecule has 0 saturated carbocycles. The topological polar surface area (TPSA) is 9.23 Å². The molecule has 0 amide bonds. The zero-order valence-electron chi connectivity index (χ0n) is 12.7. The standard InChI is InChI=1S/C19H22O/c1-13-7-5-8-15(11-13)16-9-6-10-17-18(16)14(2)12-19(3,4)20-17/h5-8,10-12,16H,9H2,1-4H3/t16-/m1/s1. The third kappa shape index (κ3) is 2.33. The van der Waals surface area contributed by atoms with Crippen LogP contribution < -0.4 is 0 Å². The Bertz CT molecular complexity index is 629. The number of hydrogen-bond acceptors (Lipinski definition) is 1. The molecule has 3 rings (SSSR count). The first-order chi connectivity index (χ1) is 9.46. The van der Waals surface area contributed by atoms with Crippen molar-refractivity contribution in [3.05, 3.63) is 70.5 Å². The van der Waals surface area contributed by atoms with Crippen molar-refractivity contribution in [2.75, 3.05) is 0 Å². The van der Waals surface area contributed by atoms with Crippen molar-refractivity contribution < 1.29 is 4.74 Å². The Hall–Kier alpha value is -1.76. The van der Waals surface area contributed by atoms with Crippen molar-refractivity contribution in [1.29, 1.82) is 0 Å². The van der Waals surface area contributed by atoms with Crippen molar-refractivity contribution in [1.82, 2.24) is 0 Å². The fourth-order valence-electron chi connectivity index (χ4n) is 3.35. The van der Waals surface area contributed by atoms with Crippen LogP contribution in [0.3, 0.4) is 0 Å². The first kappa shape index (κ1) is 13.2. The molecule has 0 aromatic heterocycles. The Morgan fingerprint density at radius 3 is 2.75 bits per heavy atom. The predicted octanol–water partition coefficient (Wildman–Crippen LogP) is 5.05. The number of rotatable bonds is 1. The minimum Gasteiger partial charge on any atom is -0.483 e. The number of hydrogen-bond donors (Lipinski definition) is 0. The molecule has 1 aliphatic carbocycles. The van der Waals surface area contributed by atoms with Gasteiger partial charge in [-0.05, 0) is 57.4 Å².